The summed E-state index contributed by atoms with van der Waals surface area (Å²) in [6, 6.07) is 7.20. The zero-order valence-electron chi connectivity index (χ0n) is 8.59. The largest absolute Gasteiger partial charge is 0.233 e. The average molecular weight is 224 g/mol. The molecule has 0 radical (unpaired) electrons. The van der Waals surface area contributed by atoms with Crippen molar-refractivity contribution < 1.29 is 4.39 Å². The summed E-state index contributed by atoms with van der Waals surface area (Å²) in [5.74, 6) is -0.117. The summed E-state index contributed by atoms with van der Waals surface area (Å²) in [4.78, 5) is 4.01. The van der Waals surface area contributed by atoms with E-state index in [0.717, 1.165) is 16.5 Å². The highest BCUT2D eigenvalue weighted by Crippen LogP contribution is 2.26. The van der Waals surface area contributed by atoms with Crippen LogP contribution < -0.4 is 0 Å². The van der Waals surface area contributed by atoms with Crippen molar-refractivity contribution in [1.82, 2.24) is 4.98 Å². The van der Waals surface area contributed by atoms with Gasteiger partial charge in [-0.3, -0.25) is 0 Å². The van der Waals surface area contributed by atoms with Crippen molar-refractivity contribution in [3.05, 3.63) is 40.8 Å². The van der Waals surface area contributed by atoms with Gasteiger partial charge >= 0.3 is 0 Å². The van der Waals surface area contributed by atoms with Crippen molar-refractivity contribution in [2.75, 3.05) is 0 Å². The van der Waals surface area contributed by atoms with Gasteiger partial charge in [-0.25, -0.2) is 9.37 Å². The molecule has 0 N–H and O–H groups in total. The van der Waals surface area contributed by atoms with E-state index in [1.807, 2.05) is 18.2 Å². The van der Waals surface area contributed by atoms with Crippen molar-refractivity contribution in [2.24, 2.45) is 0 Å². The van der Waals surface area contributed by atoms with Crippen LogP contribution in [0.4, 0.5) is 4.39 Å². The van der Waals surface area contributed by atoms with Gasteiger partial charge in [0, 0.05) is 5.39 Å². The van der Waals surface area contributed by atoms with E-state index in [-0.39, 0.29) is 5.15 Å². The maximum atomic E-state index is 13.3. The van der Waals surface area contributed by atoms with Crippen LogP contribution in [0.2, 0.25) is 5.15 Å². The number of fused-ring (bicyclic) bond motifs is 1. The van der Waals surface area contributed by atoms with E-state index in [9.17, 15) is 4.39 Å². The van der Waals surface area contributed by atoms with Gasteiger partial charge in [0.25, 0.3) is 0 Å². The van der Waals surface area contributed by atoms with Crippen molar-refractivity contribution in [3.8, 4) is 0 Å². The fraction of sp³-hybridized carbons (Fsp3) is 0.250. The van der Waals surface area contributed by atoms with Gasteiger partial charge in [-0.05, 0) is 23.6 Å². The Morgan fingerprint density at radius 2 is 2.07 bits per heavy atom. The van der Waals surface area contributed by atoms with E-state index in [1.54, 1.807) is 0 Å². The van der Waals surface area contributed by atoms with E-state index in [2.05, 4.69) is 18.8 Å². The highest BCUT2D eigenvalue weighted by atomic mass is 35.5. The maximum absolute atomic E-state index is 13.3. The van der Waals surface area contributed by atoms with Gasteiger partial charge in [0.1, 0.15) is 0 Å². The lowest BCUT2D eigenvalue weighted by atomic mass is 9.98. The summed E-state index contributed by atoms with van der Waals surface area (Å²) in [7, 11) is 0. The van der Waals surface area contributed by atoms with Gasteiger partial charge < -0.3 is 0 Å². The van der Waals surface area contributed by atoms with Crippen molar-refractivity contribution >= 4 is 22.5 Å². The molecule has 0 bridgehead atoms. The van der Waals surface area contributed by atoms with Crippen LogP contribution in [-0.2, 0) is 0 Å². The fourth-order valence-corrected chi connectivity index (χ4v) is 1.82. The first-order chi connectivity index (χ1) is 7.09. The van der Waals surface area contributed by atoms with Crippen LogP contribution >= 0.6 is 11.6 Å². The molecule has 0 spiro atoms. The fourth-order valence-electron chi connectivity index (χ4n) is 1.67. The second-order valence-corrected chi connectivity index (χ2v) is 4.19. The molecule has 1 heterocycles. The van der Waals surface area contributed by atoms with Crippen LogP contribution in [0.5, 0.6) is 0 Å². The number of benzene rings is 1. The van der Waals surface area contributed by atoms with E-state index in [0.29, 0.717) is 5.92 Å². The SMILES string of the molecule is CC(C)c1cccc2nc(Cl)c(F)cc12. The lowest BCUT2D eigenvalue weighted by Gasteiger charge is -2.09. The molecule has 0 saturated carbocycles. The van der Waals surface area contributed by atoms with Crippen LogP contribution in [0, 0.1) is 5.82 Å². The number of aromatic nitrogens is 1. The molecule has 1 aromatic heterocycles. The standard InChI is InChI=1S/C12H11ClFN/c1-7(2)8-4-3-5-11-9(8)6-10(14)12(13)15-11/h3-7H,1-2H3. The molecule has 3 heteroatoms. The van der Waals surface area contributed by atoms with E-state index >= 15 is 0 Å². The summed E-state index contributed by atoms with van der Waals surface area (Å²) >= 11 is 5.63. The molecule has 1 nitrogen and oxygen atoms in total. The molecule has 0 atom stereocenters. The predicted molar refractivity (Wildman–Crippen MR) is 60.8 cm³/mol. The average Bonchev–Trinajstić information content (AvgIpc) is 2.18. The Balaban J connectivity index is 2.80. The summed E-state index contributed by atoms with van der Waals surface area (Å²) in [6.45, 7) is 4.14. The number of hydrogen-bond acceptors (Lipinski definition) is 1. The molecule has 2 aromatic rings. The molecule has 0 aliphatic carbocycles. The van der Waals surface area contributed by atoms with Crippen LogP contribution in [0.15, 0.2) is 24.3 Å². The second-order valence-electron chi connectivity index (χ2n) is 3.83. The molecule has 0 aliphatic rings. The molecule has 0 aliphatic heterocycles. The highest BCUT2D eigenvalue weighted by Gasteiger charge is 2.09. The Hall–Kier alpha value is -1.15. The first-order valence-electron chi connectivity index (χ1n) is 4.84. The van der Waals surface area contributed by atoms with Gasteiger partial charge in [-0.1, -0.05) is 37.6 Å². The minimum atomic E-state index is -0.461. The zero-order valence-corrected chi connectivity index (χ0v) is 9.35. The molecule has 0 fully saturated rings. The van der Waals surface area contributed by atoms with Crippen LogP contribution in [-0.4, -0.2) is 4.98 Å². The number of halogens is 2. The van der Waals surface area contributed by atoms with Gasteiger partial charge in [-0.15, -0.1) is 0 Å². The third-order valence-corrected chi connectivity index (χ3v) is 2.69. The first-order valence-corrected chi connectivity index (χ1v) is 5.22. The topological polar surface area (TPSA) is 12.9 Å². The van der Waals surface area contributed by atoms with E-state index in [1.165, 1.54) is 6.07 Å². The Bertz CT molecular complexity index is 508. The summed E-state index contributed by atoms with van der Waals surface area (Å²) in [5, 5.41) is 0.776. The minimum Gasteiger partial charge on any atom is -0.233 e. The maximum Gasteiger partial charge on any atom is 0.165 e. The molecule has 0 amide bonds. The number of rotatable bonds is 1. The summed E-state index contributed by atoms with van der Waals surface area (Å²) in [5.41, 5.74) is 1.84. The lowest BCUT2D eigenvalue weighted by molar-refractivity contribution is 0.624. The third kappa shape index (κ3) is 1.82. The Labute approximate surface area is 92.9 Å². The van der Waals surface area contributed by atoms with Gasteiger partial charge in [0.05, 0.1) is 5.52 Å². The molecule has 1 aromatic carbocycles. The Morgan fingerprint density at radius 1 is 1.33 bits per heavy atom. The zero-order chi connectivity index (χ0) is 11.0. The van der Waals surface area contributed by atoms with E-state index < -0.39 is 5.82 Å². The lowest BCUT2D eigenvalue weighted by Crippen LogP contribution is -1.92. The number of hydrogen-bond donors (Lipinski definition) is 0. The summed E-state index contributed by atoms with van der Waals surface area (Å²) in [6.07, 6.45) is 0. The quantitative estimate of drug-likeness (QED) is 0.662. The van der Waals surface area contributed by atoms with Crippen molar-refractivity contribution in [1.29, 1.82) is 0 Å². The Kier molecular flexibility index (Phi) is 2.61. The van der Waals surface area contributed by atoms with Gasteiger partial charge in [0.15, 0.2) is 11.0 Å². The van der Waals surface area contributed by atoms with Gasteiger partial charge in [0.2, 0.25) is 0 Å². The predicted octanol–water partition coefficient (Wildman–Crippen LogP) is 4.15. The van der Waals surface area contributed by atoms with Crippen molar-refractivity contribution in [3.63, 3.8) is 0 Å². The Morgan fingerprint density at radius 3 is 2.73 bits per heavy atom. The summed E-state index contributed by atoms with van der Waals surface area (Å²) < 4.78 is 13.3. The molecular formula is C12H11ClFN. The highest BCUT2D eigenvalue weighted by molar-refractivity contribution is 6.30. The minimum absolute atomic E-state index is 0.0663. The molecule has 15 heavy (non-hydrogen) atoms. The van der Waals surface area contributed by atoms with Crippen molar-refractivity contribution in [2.45, 2.75) is 19.8 Å². The third-order valence-electron chi connectivity index (χ3n) is 2.43. The number of nitrogens with zero attached hydrogens (tertiary/aromatic N) is 1. The molecule has 0 saturated heterocycles. The normalized spacial score (nSPS) is 11.3. The first kappa shape index (κ1) is 10.4. The van der Waals surface area contributed by atoms with Gasteiger partial charge in [-0.2, -0.15) is 0 Å². The van der Waals surface area contributed by atoms with Crippen LogP contribution in [0.3, 0.4) is 0 Å². The molecule has 78 valence electrons. The van der Waals surface area contributed by atoms with E-state index in [4.69, 9.17) is 11.6 Å². The molecule has 2 rings (SSSR count). The second kappa shape index (κ2) is 3.78. The number of pyridine rings is 1. The molecular weight excluding hydrogens is 213 g/mol. The van der Waals surface area contributed by atoms with Crippen LogP contribution in [0.1, 0.15) is 25.3 Å². The smallest absolute Gasteiger partial charge is 0.165 e. The monoisotopic (exact) mass is 223 g/mol. The van der Waals surface area contributed by atoms with Crippen LogP contribution in [0.25, 0.3) is 10.9 Å². The molecule has 0 unspecified atom stereocenters.